The maximum atomic E-state index is 10.8. The van der Waals surface area contributed by atoms with Gasteiger partial charge >= 0.3 is 0 Å². The highest BCUT2D eigenvalue weighted by Crippen LogP contribution is 1.97. The van der Waals surface area contributed by atoms with E-state index in [9.17, 15) is 4.79 Å². The number of rotatable bonds is 1. The Balaban J connectivity index is 2.36. The molecule has 0 radical (unpaired) electrons. The number of nitrogens with one attached hydrogen (secondary N) is 3. The second-order valence-electron chi connectivity index (χ2n) is 2.57. The van der Waals surface area contributed by atoms with Crippen molar-refractivity contribution in [2.24, 2.45) is 10.8 Å². The number of nitrogens with zero attached hydrogens (tertiary/aromatic N) is 1. The van der Waals surface area contributed by atoms with Crippen LogP contribution in [-0.4, -0.2) is 31.5 Å². The molecule has 1 aliphatic heterocycles. The maximum Gasteiger partial charge on any atom is 0.222 e. The Hall–Kier alpha value is -1.30. The van der Waals surface area contributed by atoms with E-state index < -0.39 is 0 Å². The summed E-state index contributed by atoms with van der Waals surface area (Å²) in [6.07, 6.45) is 0.473. The number of nitrogens with two attached hydrogens (primary N) is 1. The minimum Gasteiger partial charge on any atom is -0.354 e. The van der Waals surface area contributed by atoms with E-state index in [1.807, 2.05) is 0 Å². The first-order valence-corrected chi connectivity index (χ1v) is 3.73. The van der Waals surface area contributed by atoms with Crippen LogP contribution >= 0.6 is 0 Å². The Bertz CT molecular complexity index is 202. The van der Waals surface area contributed by atoms with Crippen LogP contribution < -0.4 is 21.9 Å². The lowest BCUT2D eigenvalue weighted by Crippen LogP contribution is -2.47. The van der Waals surface area contributed by atoms with Crippen molar-refractivity contribution in [1.82, 2.24) is 16.1 Å². The predicted octanol–water partition coefficient (Wildman–Crippen LogP) is -2.09. The summed E-state index contributed by atoms with van der Waals surface area (Å²) in [4.78, 5) is 14.6. The van der Waals surface area contributed by atoms with E-state index in [1.54, 1.807) is 7.05 Å². The Kier molecular flexibility index (Phi) is 2.87. The summed E-state index contributed by atoms with van der Waals surface area (Å²) in [7, 11) is 1.62. The predicted molar refractivity (Wildman–Crippen MR) is 45.2 cm³/mol. The molecule has 68 valence electrons. The van der Waals surface area contributed by atoms with Gasteiger partial charge in [-0.2, -0.15) is 0 Å². The maximum absolute atomic E-state index is 10.8. The largest absolute Gasteiger partial charge is 0.354 e. The normalized spacial score (nSPS) is 23.7. The van der Waals surface area contributed by atoms with Crippen molar-refractivity contribution in [2.75, 3.05) is 13.6 Å². The average Bonchev–Trinajstić information content (AvgIpc) is 2.47. The van der Waals surface area contributed by atoms with E-state index in [4.69, 9.17) is 5.84 Å². The molecule has 12 heavy (non-hydrogen) atoms. The molecule has 1 atom stereocenters. The molecule has 1 saturated heterocycles. The summed E-state index contributed by atoms with van der Waals surface area (Å²) >= 11 is 0. The molecule has 0 aromatic heterocycles. The van der Waals surface area contributed by atoms with E-state index in [2.05, 4.69) is 21.1 Å². The minimum absolute atomic E-state index is 0.0555. The number of aliphatic imine (C=N–C) groups is 1. The van der Waals surface area contributed by atoms with Crippen LogP contribution in [0.15, 0.2) is 4.99 Å². The quantitative estimate of drug-likeness (QED) is 0.158. The van der Waals surface area contributed by atoms with Crippen molar-refractivity contribution < 1.29 is 4.79 Å². The van der Waals surface area contributed by atoms with Crippen LogP contribution in [0.5, 0.6) is 0 Å². The first-order valence-electron chi connectivity index (χ1n) is 3.73. The molecule has 0 spiro atoms. The zero-order valence-electron chi connectivity index (χ0n) is 6.92. The monoisotopic (exact) mass is 171 g/mol. The third kappa shape index (κ3) is 2.09. The van der Waals surface area contributed by atoms with Crippen molar-refractivity contribution in [3.05, 3.63) is 0 Å². The van der Waals surface area contributed by atoms with Gasteiger partial charge in [-0.25, -0.2) is 5.84 Å². The summed E-state index contributed by atoms with van der Waals surface area (Å²) < 4.78 is 0. The molecule has 1 amide bonds. The number of carbonyl (C=O) groups excluding carboxylic acids is 1. The molecule has 1 rings (SSSR count). The summed E-state index contributed by atoms with van der Waals surface area (Å²) in [5.41, 5.74) is 2.39. The Morgan fingerprint density at radius 3 is 3.00 bits per heavy atom. The molecule has 1 heterocycles. The third-order valence-corrected chi connectivity index (χ3v) is 1.68. The van der Waals surface area contributed by atoms with Gasteiger partial charge in [0.2, 0.25) is 11.9 Å². The van der Waals surface area contributed by atoms with Gasteiger partial charge in [0.1, 0.15) is 0 Å². The highest BCUT2D eigenvalue weighted by Gasteiger charge is 2.21. The van der Waals surface area contributed by atoms with Gasteiger partial charge in [0, 0.05) is 20.0 Å². The Morgan fingerprint density at radius 2 is 2.58 bits per heavy atom. The van der Waals surface area contributed by atoms with Crippen molar-refractivity contribution in [1.29, 1.82) is 0 Å². The fraction of sp³-hybridized carbons (Fsp3) is 0.667. The van der Waals surface area contributed by atoms with E-state index in [0.717, 1.165) is 0 Å². The number of hydrogen-bond acceptors (Lipinski definition) is 3. The number of hydrogen-bond donors (Lipinski definition) is 4. The van der Waals surface area contributed by atoms with Gasteiger partial charge in [-0.15, -0.1) is 0 Å². The molecule has 0 aromatic rings. The summed E-state index contributed by atoms with van der Waals surface area (Å²) in [6.45, 7) is 0.625. The van der Waals surface area contributed by atoms with Gasteiger partial charge in [0.15, 0.2) is 0 Å². The van der Waals surface area contributed by atoms with Crippen LogP contribution in [0.1, 0.15) is 6.42 Å². The van der Waals surface area contributed by atoms with Crippen LogP contribution in [0.25, 0.3) is 0 Å². The molecule has 6 nitrogen and oxygen atoms in total. The molecule has 0 bridgehead atoms. The van der Waals surface area contributed by atoms with Crippen LogP contribution in [0.3, 0.4) is 0 Å². The number of amides is 1. The topological polar surface area (TPSA) is 91.5 Å². The lowest BCUT2D eigenvalue weighted by molar-refractivity contribution is -0.119. The molecular weight excluding hydrogens is 158 g/mol. The highest BCUT2D eigenvalue weighted by molar-refractivity contribution is 5.83. The van der Waals surface area contributed by atoms with Crippen molar-refractivity contribution >= 4 is 11.9 Å². The smallest absolute Gasteiger partial charge is 0.222 e. The molecule has 1 unspecified atom stereocenters. The molecule has 0 aromatic carbocycles. The minimum atomic E-state index is 0.0555. The summed E-state index contributed by atoms with van der Waals surface area (Å²) in [5, 5.41) is 5.67. The first kappa shape index (κ1) is 8.79. The standard InChI is InChI=1S/C6H13N5O/c1-8-6(11-7)10-4-2-5(12)9-3-4/h4H,2-3,7H2,1H3,(H,9,12)(H2,8,10,11). The van der Waals surface area contributed by atoms with Crippen LogP contribution in [0.4, 0.5) is 0 Å². The summed E-state index contributed by atoms with van der Waals surface area (Å²) in [6, 6.07) is 0.0900. The van der Waals surface area contributed by atoms with E-state index in [-0.39, 0.29) is 11.9 Å². The van der Waals surface area contributed by atoms with Crippen LogP contribution in [-0.2, 0) is 4.79 Å². The fourth-order valence-electron chi connectivity index (χ4n) is 1.07. The number of hydrazine groups is 1. The van der Waals surface area contributed by atoms with E-state index in [0.29, 0.717) is 18.9 Å². The number of guanidine groups is 1. The second kappa shape index (κ2) is 3.91. The molecule has 5 N–H and O–H groups in total. The fourth-order valence-corrected chi connectivity index (χ4v) is 1.07. The third-order valence-electron chi connectivity index (χ3n) is 1.68. The second-order valence-corrected chi connectivity index (χ2v) is 2.57. The zero-order valence-corrected chi connectivity index (χ0v) is 6.92. The van der Waals surface area contributed by atoms with Crippen LogP contribution in [0, 0.1) is 0 Å². The number of carbonyl (C=O) groups is 1. The molecular formula is C6H13N5O. The Morgan fingerprint density at radius 1 is 1.83 bits per heavy atom. The van der Waals surface area contributed by atoms with Gasteiger partial charge in [-0.1, -0.05) is 0 Å². The zero-order chi connectivity index (χ0) is 8.97. The van der Waals surface area contributed by atoms with Gasteiger partial charge in [0.05, 0.1) is 6.04 Å². The highest BCUT2D eigenvalue weighted by atomic mass is 16.1. The summed E-state index contributed by atoms with van der Waals surface area (Å²) in [5.74, 6) is 5.70. The van der Waals surface area contributed by atoms with E-state index >= 15 is 0 Å². The van der Waals surface area contributed by atoms with Gasteiger partial charge < -0.3 is 10.6 Å². The first-order chi connectivity index (χ1) is 5.76. The van der Waals surface area contributed by atoms with Gasteiger partial charge in [-0.3, -0.25) is 15.2 Å². The molecule has 0 aliphatic carbocycles. The Labute approximate surface area is 70.6 Å². The SMILES string of the molecule is CN=C(NN)NC1CNC(=O)C1. The van der Waals surface area contributed by atoms with Crippen molar-refractivity contribution in [2.45, 2.75) is 12.5 Å². The molecule has 1 aliphatic rings. The average molecular weight is 171 g/mol. The van der Waals surface area contributed by atoms with Gasteiger partial charge in [0.25, 0.3) is 0 Å². The lowest BCUT2D eigenvalue weighted by atomic mass is 10.3. The lowest BCUT2D eigenvalue weighted by Gasteiger charge is -2.12. The molecule has 0 saturated carbocycles. The molecule has 1 fully saturated rings. The van der Waals surface area contributed by atoms with Crippen LogP contribution in [0.2, 0.25) is 0 Å². The van der Waals surface area contributed by atoms with Crippen molar-refractivity contribution in [3.63, 3.8) is 0 Å². The van der Waals surface area contributed by atoms with Crippen molar-refractivity contribution in [3.8, 4) is 0 Å². The molecule has 6 heteroatoms. The van der Waals surface area contributed by atoms with E-state index in [1.165, 1.54) is 0 Å². The van der Waals surface area contributed by atoms with Gasteiger partial charge in [-0.05, 0) is 0 Å².